The number of amides is 2. The van der Waals surface area contributed by atoms with E-state index in [4.69, 9.17) is 28.9 Å². The van der Waals surface area contributed by atoms with Gasteiger partial charge in [0.05, 0.1) is 10.7 Å². The zero-order valence-electron chi connectivity index (χ0n) is 17.0. The molecule has 6 nitrogen and oxygen atoms in total. The van der Waals surface area contributed by atoms with Crippen LogP contribution in [0.5, 0.6) is 0 Å². The monoisotopic (exact) mass is 483 g/mol. The largest absolute Gasteiger partial charge is 0.372 e. The Balaban J connectivity index is 0.00000272. The minimum atomic E-state index is -2.05. The number of likely N-dealkylation sites (N-methyl/N-ethyl adjacent to an activating group) is 1. The van der Waals surface area contributed by atoms with E-state index < -0.39 is 17.4 Å². The van der Waals surface area contributed by atoms with Crippen LogP contribution in [0.15, 0.2) is 36.4 Å². The maximum Gasteiger partial charge on any atom is 0.268 e. The Morgan fingerprint density at radius 1 is 1.26 bits per heavy atom. The Morgan fingerprint density at radius 3 is 2.61 bits per heavy atom. The third-order valence-corrected chi connectivity index (χ3v) is 6.75. The molecule has 0 aromatic heterocycles. The number of nitrogens with zero attached hydrogens (tertiary/aromatic N) is 2. The number of nitrogens with two attached hydrogens (primary N) is 1. The summed E-state index contributed by atoms with van der Waals surface area (Å²) in [6.07, 6.45) is 1.99. The van der Waals surface area contributed by atoms with Crippen molar-refractivity contribution in [2.45, 2.75) is 31.4 Å². The highest BCUT2D eigenvalue weighted by Gasteiger charge is 2.54. The first-order chi connectivity index (χ1) is 14.3. The second kappa shape index (κ2) is 8.96. The van der Waals surface area contributed by atoms with Crippen molar-refractivity contribution in [3.8, 4) is 0 Å². The third kappa shape index (κ3) is 3.81. The molecule has 3 N–H and O–H groups in total. The summed E-state index contributed by atoms with van der Waals surface area (Å²) in [6, 6.07) is 9.72. The number of hydrogen-bond donors (Lipinski definition) is 2. The van der Waals surface area contributed by atoms with Crippen LogP contribution in [0.4, 0.5) is 5.69 Å². The van der Waals surface area contributed by atoms with Gasteiger partial charge in [-0.2, -0.15) is 0 Å². The lowest BCUT2D eigenvalue weighted by Gasteiger charge is -2.29. The SMILES string of the molecule is CCN1CCCC1CN1C(=O)C(O)(c2ccccc2Cl)c2c(Cl)cc(C(N)=O)cc21.Cl. The molecule has 0 saturated carbocycles. The van der Waals surface area contributed by atoms with E-state index in [1.807, 2.05) is 0 Å². The molecule has 2 aromatic rings. The lowest BCUT2D eigenvalue weighted by atomic mass is 9.87. The molecule has 2 aliphatic heterocycles. The first kappa shape index (κ1) is 23.8. The normalized spacial score (nSPS) is 23.0. The number of likely N-dealkylation sites (tertiary alicyclic amines) is 1. The van der Waals surface area contributed by atoms with Crippen molar-refractivity contribution in [3.05, 3.63) is 63.1 Å². The standard InChI is InChI=1S/C22H23Cl2N3O3.ClH/c1-2-26-9-5-6-14(26)12-27-18-11-13(20(25)28)10-17(24)19(18)22(30,21(27)29)15-7-3-4-8-16(15)23;/h3-4,7-8,10-11,14,30H,2,5-6,9,12H2,1H3,(H2,25,28);1H. The average molecular weight is 485 g/mol. The van der Waals surface area contributed by atoms with Gasteiger partial charge in [0.2, 0.25) is 5.91 Å². The van der Waals surface area contributed by atoms with Crippen LogP contribution in [0.2, 0.25) is 10.0 Å². The van der Waals surface area contributed by atoms with E-state index in [1.54, 1.807) is 24.3 Å². The maximum absolute atomic E-state index is 13.7. The van der Waals surface area contributed by atoms with Crippen molar-refractivity contribution in [1.82, 2.24) is 4.90 Å². The third-order valence-electron chi connectivity index (χ3n) is 6.12. The van der Waals surface area contributed by atoms with Gasteiger partial charge in [-0.1, -0.05) is 48.3 Å². The molecular formula is C22H24Cl3N3O3. The number of anilines is 1. The Hall–Kier alpha value is -1.83. The van der Waals surface area contributed by atoms with Crippen LogP contribution < -0.4 is 10.6 Å². The molecule has 166 valence electrons. The zero-order chi connectivity index (χ0) is 21.6. The molecule has 2 heterocycles. The van der Waals surface area contributed by atoms with Gasteiger partial charge < -0.3 is 15.7 Å². The zero-order valence-corrected chi connectivity index (χ0v) is 19.3. The number of fused-ring (bicyclic) bond motifs is 1. The minimum Gasteiger partial charge on any atom is -0.372 e. The van der Waals surface area contributed by atoms with Gasteiger partial charge in [-0.25, -0.2) is 0 Å². The van der Waals surface area contributed by atoms with E-state index in [-0.39, 0.29) is 45.2 Å². The van der Waals surface area contributed by atoms with Crippen LogP contribution >= 0.6 is 35.6 Å². The fourth-order valence-corrected chi connectivity index (χ4v) is 5.26. The molecule has 0 aliphatic carbocycles. The predicted octanol–water partition coefficient (Wildman–Crippen LogP) is 3.58. The van der Waals surface area contributed by atoms with Crippen molar-refractivity contribution in [1.29, 1.82) is 0 Å². The highest BCUT2D eigenvalue weighted by atomic mass is 35.5. The van der Waals surface area contributed by atoms with Crippen LogP contribution in [-0.2, 0) is 10.4 Å². The van der Waals surface area contributed by atoms with Gasteiger partial charge in [-0.15, -0.1) is 12.4 Å². The van der Waals surface area contributed by atoms with Gasteiger partial charge in [-0.3, -0.25) is 14.5 Å². The molecule has 0 spiro atoms. The molecule has 2 aliphatic rings. The summed E-state index contributed by atoms with van der Waals surface area (Å²) in [5.41, 5.74) is 4.49. The van der Waals surface area contributed by atoms with Gasteiger partial charge in [0, 0.05) is 34.3 Å². The molecule has 1 saturated heterocycles. The molecule has 0 bridgehead atoms. The van der Waals surface area contributed by atoms with Gasteiger partial charge in [0.25, 0.3) is 5.91 Å². The van der Waals surface area contributed by atoms with Crippen molar-refractivity contribution in [2.75, 3.05) is 24.5 Å². The fraction of sp³-hybridized carbons (Fsp3) is 0.364. The minimum absolute atomic E-state index is 0. The Kier molecular flexibility index (Phi) is 6.89. The van der Waals surface area contributed by atoms with Crippen LogP contribution in [0.25, 0.3) is 0 Å². The number of primary amides is 1. The van der Waals surface area contributed by atoms with Crippen molar-refractivity contribution in [2.24, 2.45) is 5.73 Å². The fourth-order valence-electron chi connectivity index (χ4n) is 4.63. The number of benzene rings is 2. The molecule has 4 rings (SSSR count). The summed E-state index contributed by atoms with van der Waals surface area (Å²) in [4.78, 5) is 29.3. The molecular weight excluding hydrogens is 461 g/mol. The van der Waals surface area contributed by atoms with Crippen molar-refractivity contribution >= 4 is 53.1 Å². The molecule has 2 unspecified atom stereocenters. The quantitative estimate of drug-likeness (QED) is 0.679. The van der Waals surface area contributed by atoms with Gasteiger partial charge in [0.15, 0.2) is 5.60 Å². The van der Waals surface area contributed by atoms with Crippen LogP contribution in [-0.4, -0.2) is 47.5 Å². The van der Waals surface area contributed by atoms with Crippen LogP contribution in [0.3, 0.4) is 0 Å². The van der Waals surface area contributed by atoms with Gasteiger partial charge in [-0.05, 0) is 44.1 Å². The lowest BCUT2D eigenvalue weighted by Crippen LogP contribution is -2.46. The first-order valence-corrected chi connectivity index (χ1v) is 10.7. The number of aliphatic hydroxyl groups is 1. The summed E-state index contributed by atoms with van der Waals surface area (Å²) in [7, 11) is 0. The molecule has 2 amide bonds. The van der Waals surface area contributed by atoms with E-state index in [9.17, 15) is 14.7 Å². The molecule has 31 heavy (non-hydrogen) atoms. The highest BCUT2D eigenvalue weighted by molar-refractivity contribution is 6.35. The number of carbonyl (C=O) groups is 2. The van der Waals surface area contributed by atoms with E-state index >= 15 is 0 Å². The predicted molar refractivity (Wildman–Crippen MR) is 124 cm³/mol. The summed E-state index contributed by atoms with van der Waals surface area (Å²) >= 11 is 12.9. The second-order valence-corrected chi connectivity index (χ2v) is 8.56. The molecule has 9 heteroatoms. The average Bonchev–Trinajstić information content (AvgIpc) is 3.25. The Morgan fingerprint density at radius 2 is 1.97 bits per heavy atom. The number of halogens is 3. The molecule has 2 aromatic carbocycles. The Labute approximate surface area is 197 Å². The second-order valence-electron chi connectivity index (χ2n) is 7.75. The molecule has 0 radical (unpaired) electrons. The van der Waals surface area contributed by atoms with Gasteiger partial charge in [0.1, 0.15) is 0 Å². The number of rotatable bonds is 5. The molecule has 2 atom stereocenters. The summed E-state index contributed by atoms with van der Waals surface area (Å²) in [5, 5.41) is 12.1. The Bertz CT molecular complexity index is 1030. The van der Waals surface area contributed by atoms with E-state index in [1.165, 1.54) is 17.0 Å². The summed E-state index contributed by atoms with van der Waals surface area (Å²) < 4.78 is 0. The smallest absolute Gasteiger partial charge is 0.268 e. The number of carbonyl (C=O) groups excluding carboxylic acids is 2. The molecule has 1 fully saturated rings. The highest BCUT2D eigenvalue weighted by Crippen LogP contribution is 2.50. The van der Waals surface area contributed by atoms with Crippen LogP contribution in [0, 0.1) is 0 Å². The van der Waals surface area contributed by atoms with E-state index in [2.05, 4.69) is 11.8 Å². The van der Waals surface area contributed by atoms with Crippen molar-refractivity contribution in [3.63, 3.8) is 0 Å². The lowest BCUT2D eigenvalue weighted by molar-refractivity contribution is -0.132. The topological polar surface area (TPSA) is 86.9 Å². The summed E-state index contributed by atoms with van der Waals surface area (Å²) in [6.45, 7) is 4.30. The van der Waals surface area contributed by atoms with Crippen molar-refractivity contribution < 1.29 is 14.7 Å². The van der Waals surface area contributed by atoms with Gasteiger partial charge >= 0.3 is 0 Å². The first-order valence-electron chi connectivity index (χ1n) is 9.96. The maximum atomic E-state index is 13.7. The van der Waals surface area contributed by atoms with E-state index in [0.29, 0.717) is 12.2 Å². The number of hydrogen-bond acceptors (Lipinski definition) is 4. The van der Waals surface area contributed by atoms with E-state index in [0.717, 1.165) is 25.9 Å². The summed E-state index contributed by atoms with van der Waals surface area (Å²) in [5.74, 6) is -1.19. The van der Waals surface area contributed by atoms with Crippen LogP contribution in [0.1, 0.15) is 41.3 Å².